The van der Waals surface area contributed by atoms with Crippen LogP contribution in [0.15, 0.2) is 23.2 Å². The number of halogens is 1. The van der Waals surface area contributed by atoms with Gasteiger partial charge in [0.2, 0.25) is 0 Å². The summed E-state index contributed by atoms with van der Waals surface area (Å²) < 4.78 is 1.19. The van der Waals surface area contributed by atoms with E-state index in [-0.39, 0.29) is 0 Å². The molecule has 0 amide bonds. The van der Waals surface area contributed by atoms with E-state index in [1.54, 1.807) is 18.4 Å². The average Bonchev–Trinajstić information content (AvgIpc) is 3.16. The summed E-state index contributed by atoms with van der Waals surface area (Å²) in [4.78, 5) is 8.82. The first-order valence-electron chi connectivity index (χ1n) is 6.77. The van der Waals surface area contributed by atoms with E-state index < -0.39 is 0 Å². The number of rotatable bonds is 4. The molecule has 4 nitrogen and oxygen atoms in total. The molecule has 0 atom stereocenters. The van der Waals surface area contributed by atoms with Crippen molar-refractivity contribution in [2.24, 2.45) is 4.99 Å². The molecule has 20 heavy (non-hydrogen) atoms. The summed E-state index contributed by atoms with van der Waals surface area (Å²) in [6.07, 6.45) is 3.39. The van der Waals surface area contributed by atoms with E-state index in [2.05, 4.69) is 20.6 Å². The standard InChI is InChI=1S/C14H17ClN4S/c1-16-14(18-10-3-4-10)17-7-6-13-19-11-8-9(15)2-5-12(11)20-13/h2,5,8,10H,3-4,6-7H2,1H3,(H2,16,17,18). The molecule has 1 aromatic carbocycles. The van der Waals surface area contributed by atoms with Crippen molar-refractivity contribution in [1.29, 1.82) is 0 Å². The molecule has 1 saturated carbocycles. The van der Waals surface area contributed by atoms with Gasteiger partial charge in [0.1, 0.15) is 0 Å². The molecule has 1 fully saturated rings. The van der Waals surface area contributed by atoms with E-state index in [1.807, 2.05) is 18.2 Å². The van der Waals surface area contributed by atoms with Crippen molar-refractivity contribution in [1.82, 2.24) is 15.6 Å². The fourth-order valence-electron chi connectivity index (χ4n) is 1.96. The van der Waals surface area contributed by atoms with Crippen LogP contribution in [0, 0.1) is 0 Å². The summed E-state index contributed by atoms with van der Waals surface area (Å²) in [5, 5.41) is 8.55. The van der Waals surface area contributed by atoms with Crippen LogP contribution in [0.4, 0.5) is 0 Å². The summed E-state index contributed by atoms with van der Waals surface area (Å²) in [6.45, 7) is 0.833. The molecular weight excluding hydrogens is 292 g/mol. The number of nitrogens with zero attached hydrogens (tertiary/aromatic N) is 2. The molecule has 6 heteroatoms. The first-order valence-corrected chi connectivity index (χ1v) is 7.96. The number of thiazole rings is 1. The summed E-state index contributed by atoms with van der Waals surface area (Å²) in [5.41, 5.74) is 0.984. The van der Waals surface area contributed by atoms with Crippen molar-refractivity contribution in [2.75, 3.05) is 13.6 Å². The SMILES string of the molecule is CN=C(NCCc1nc2cc(Cl)ccc2s1)NC1CC1. The van der Waals surface area contributed by atoms with Crippen LogP contribution in [-0.4, -0.2) is 30.6 Å². The second kappa shape index (κ2) is 5.97. The fraction of sp³-hybridized carbons (Fsp3) is 0.429. The number of aliphatic imine (C=N–C) groups is 1. The third-order valence-electron chi connectivity index (χ3n) is 3.17. The minimum atomic E-state index is 0.616. The Morgan fingerprint density at radius 1 is 1.50 bits per heavy atom. The van der Waals surface area contributed by atoms with Gasteiger partial charge in [-0.05, 0) is 31.0 Å². The minimum absolute atomic E-state index is 0.616. The zero-order valence-corrected chi connectivity index (χ0v) is 12.9. The topological polar surface area (TPSA) is 49.3 Å². The Bertz CT molecular complexity index is 633. The first kappa shape index (κ1) is 13.6. The number of aromatic nitrogens is 1. The smallest absolute Gasteiger partial charge is 0.191 e. The summed E-state index contributed by atoms with van der Waals surface area (Å²) in [5.74, 6) is 0.886. The number of hydrogen-bond donors (Lipinski definition) is 2. The quantitative estimate of drug-likeness (QED) is 0.674. The molecule has 2 N–H and O–H groups in total. The maximum absolute atomic E-state index is 5.98. The molecule has 3 rings (SSSR count). The molecule has 1 aliphatic rings. The molecule has 0 aliphatic heterocycles. The Hall–Kier alpha value is -1.33. The van der Waals surface area contributed by atoms with Gasteiger partial charge in [-0.1, -0.05) is 11.6 Å². The predicted octanol–water partition coefficient (Wildman–Crippen LogP) is 2.82. The predicted molar refractivity (Wildman–Crippen MR) is 85.9 cm³/mol. The van der Waals surface area contributed by atoms with Crippen molar-refractivity contribution in [2.45, 2.75) is 25.3 Å². The van der Waals surface area contributed by atoms with Gasteiger partial charge in [-0.25, -0.2) is 4.98 Å². The monoisotopic (exact) mass is 308 g/mol. The number of benzene rings is 1. The number of guanidine groups is 1. The Morgan fingerprint density at radius 2 is 2.35 bits per heavy atom. The maximum atomic E-state index is 5.98. The van der Waals surface area contributed by atoms with E-state index >= 15 is 0 Å². The molecule has 0 bridgehead atoms. The molecule has 1 aliphatic carbocycles. The van der Waals surface area contributed by atoms with Crippen LogP contribution in [0.2, 0.25) is 5.02 Å². The van der Waals surface area contributed by atoms with E-state index in [9.17, 15) is 0 Å². The van der Waals surface area contributed by atoms with E-state index in [4.69, 9.17) is 11.6 Å². The zero-order valence-electron chi connectivity index (χ0n) is 11.3. The lowest BCUT2D eigenvalue weighted by Crippen LogP contribution is -2.39. The van der Waals surface area contributed by atoms with Gasteiger partial charge in [-0.3, -0.25) is 4.99 Å². The number of fused-ring (bicyclic) bond motifs is 1. The van der Waals surface area contributed by atoms with Crippen molar-refractivity contribution >= 4 is 39.1 Å². The Morgan fingerprint density at radius 3 is 3.10 bits per heavy atom. The Kier molecular flexibility index (Phi) is 4.08. The maximum Gasteiger partial charge on any atom is 0.191 e. The van der Waals surface area contributed by atoms with E-state index in [0.717, 1.165) is 34.5 Å². The molecule has 0 unspecified atom stereocenters. The lowest BCUT2D eigenvalue weighted by atomic mass is 10.3. The van der Waals surface area contributed by atoms with Crippen molar-refractivity contribution in [3.8, 4) is 0 Å². The lowest BCUT2D eigenvalue weighted by molar-refractivity contribution is 0.790. The van der Waals surface area contributed by atoms with Crippen molar-refractivity contribution in [3.63, 3.8) is 0 Å². The Labute approximate surface area is 127 Å². The normalized spacial score (nSPS) is 15.6. The largest absolute Gasteiger partial charge is 0.356 e. The highest BCUT2D eigenvalue weighted by atomic mass is 35.5. The third kappa shape index (κ3) is 3.41. The molecule has 2 aromatic rings. The molecule has 0 radical (unpaired) electrons. The molecule has 0 saturated heterocycles. The molecule has 1 aromatic heterocycles. The van der Waals surface area contributed by atoms with Crippen LogP contribution in [0.5, 0.6) is 0 Å². The van der Waals surface area contributed by atoms with E-state index in [0.29, 0.717) is 6.04 Å². The molecular formula is C14H17ClN4S. The molecule has 106 valence electrons. The van der Waals surface area contributed by atoms with Crippen LogP contribution in [0.1, 0.15) is 17.8 Å². The second-order valence-corrected chi connectivity index (χ2v) is 6.44. The van der Waals surface area contributed by atoms with E-state index in [1.165, 1.54) is 17.5 Å². The summed E-state index contributed by atoms with van der Waals surface area (Å²) >= 11 is 7.70. The van der Waals surface area contributed by atoms with Crippen LogP contribution >= 0.6 is 22.9 Å². The number of nitrogens with one attached hydrogen (secondary N) is 2. The second-order valence-electron chi connectivity index (χ2n) is 4.89. The van der Waals surface area contributed by atoms with Gasteiger partial charge in [-0.2, -0.15) is 0 Å². The van der Waals surface area contributed by atoms with Gasteiger partial charge in [-0.15, -0.1) is 11.3 Å². The Balaban J connectivity index is 1.56. The first-order chi connectivity index (χ1) is 9.74. The van der Waals surface area contributed by atoms with Gasteiger partial charge < -0.3 is 10.6 Å². The average molecular weight is 309 g/mol. The van der Waals surface area contributed by atoms with Gasteiger partial charge >= 0.3 is 0 Å². The van der Waals surface area contributed by atoms with Gasteiger partial charge in [0, 0.05) is 31.1 Å². The van der Waals surface area contributed by atoms with Crippen LogP contribution in [0.25, 0.3) is 10.2 Å². The third-order valence-corrected chi connectivity index (χ3v) is 4.50. The zero-order chi connectivity index (χ0) is 13.9. The molecule has 0 spiro atoms. The molecule has 1 heterocycles. The highest BCUT2D eigenvalue weighted by Gasteiger charge is 2.21. The van der Waals surface area contributed by atoms with Gasteiger partial charge in [0.15, 0.2) is 5.96 Å². The highest BCUT2D eigenvalue weighted by Crippen LogP contribution is 2.25. The van der Waals surface area contributed by atoms with Gasteiger partial charge in [0.05, 0.1) is 15.2 Å². The van der Waals surface area contributed by atoms with Crippen molar-refractivity contribution < 1.29 is 0 Å². The highest BCUT2D eigenvalue weighted by molar-refractivity contribution is 7.18. The minimum Gasteiger partial charge on any atom is -0.356 e. The summed E-state index contributed by atoms with van der Waals surface area (Å²) in [7, 11) is 1.80. The number of hydrogen-bond acceptors (Lipinski definition) is 3. The van der Waals surface area contributed by atoms with Crippen LogP contribution < -0.4 is 10.6 Å². The van der Waals surface area contributed by atoms with Crippen LogP contribution in [-0.2, 0) is 6.42 Å². The summed E-state index contributed by atoms with van der Waals surface area (Å²) in [6, 6.07) is 6.47. The van der Waals surface area contributed by atoms with Crippen molar-refractivity contribution in [3.05, 3.63) is 28.2 Å². The van der Waals surface area contributed by atoms with Crippen LogP contribution in [0.3, 0.4) is 0 Å². The fourth-order valence-corrected chi connectivity index (χ4v) is 3.07. The lowest BCUT2D eigenvalue weighted by Gasteiger charge is -2.09. The van der Waals surface area contributed by atoms with Gasteiger partial charge in [0.25, 0.3) is 0 Å².